The number of hydrogen-bond acceptors (Lipinski definition) is 1. The molecule has 74 valence electrons. The zero-order valence-electron chi connectivity index (χ0n) is 8.09. The minimum absolute atomic E-state index is 0. The molecule has 0 aromatic rings. The van der Waals surface area contributed by atoms with Crippen molar-refractivity contribution in [2.45, 2.75) is 13.8 Å². The Morgan fingerprint density at radius 3 is 2.36 bits per heavy atom. The molecule has 0 atom stereocenters. The van der Waals surface area contributed by atoms with E-state index in [0.717, 1.165) is 5.70 Å². The fourth-order valence-corrected chi connectivity index (χ4v) is 1.27. The van der Waals surface area contributed by atoms with Crippen molar-refractivity contribution < 1.29 is 51.0 Å². The largest absolute Gasteiger partial charge is 2.00 e. The van der Waals surface area contributed by atoms with Crippen molar-refractivity contribution in [1.82, 2.24) is 0 Å². The third-order valence-electron chi connectivity index (χ3n) is 1.97. The van der Waals surface area contributed by atoms with E-state index < -0.39 is 0 Å². The predicted octanol–water partition coefficient (Wildman–Crippen LogP) is -3.52. The van der Waals surface area contributed by atoms with Crippen LogP contribution >= 0.6 is 0 Å². The van der Waals surface area contributed by atoms with E-state index in [2.05, 4.69) is 37.1 Å². The van der Waals surface area contributed by atoms with Crippen LogP contribution in [0.4, 0.5) is 0 Å². The molecule has 0 fully saturated rings. The van der Waals surface area contributed by atoms with Crippen molar-refractivity contribution in [2.24, 2.45) is 10.9 Å². The van der Waals surface area contributed by atoms with E-state index in [1.54, 1.807) is 0 Å². The third-order valence-corrected chi connectivity index (χ3v) is 1.97. The van der Waals surface area contributed by atoms with Crippen LogP contribution < -0.4 is 24.8 Å². The summed E-state index contributed by atoms with van der Waals surface area (Å²) in [6.45, 7) is 4.34. The zero-order chi connectivity index (χ0) is 7.84. The molecule has 14 heavy (non-hydrogen) atoms. The molecule has 0 unspecified atom stereocenters. The van der Waals surface area contributed by atoms with Crippen molar-refractivity contribution in [3.63, 3.8) is 0 Å². The topological polar surface area (TPSA) is 12.4 Å². The van der Waals surface area contributed by atoms with Gasteiger partial charge in [0.15, 0.2) is 0 Å². The molecule has 0 bridgehead atoms. The number of aliphatic imine (C=N–C) groups is 1. The van der Waals surface area contributed by atoms with Gasteiger partial charge in [-0.2, -0.15) is 0 Å². The van der Waals surface area contributed by atoms with E-state index in [0.29, 0.717) is 5.92 Å². The molecule has 0 aromatic heterocycles. The number of rotatable bonds is 1. The van der Waals surface area contributed by atoms with Gasteiger partial charge in [0.25, 0.3) is 0 Å². The molecule has 1 heterocycles. The second-order valence-corrected chi connectivity index (χ2v) is 3.20. The maximum absolute atomic E-state index is 4.47. The summed E-state index contributed by atoms with van der Waals surface area (Å²) < 4.78 is 0. The zero-order valence-corrected chi connectivity index (χ0v) is 12.1. The molecule has 2 aliphatic rings. The van der Waals surface area contributed by atoms with Crippen LogP contribution in [0.15, 0.2) is 40.6 Å². The number of allylic oxidation sites excluding steroid dienone is 4. The molecule has 0 saturated heterocycles. The summed E-state index contributed by atoms with van der Waals surface area (Å²) in [6, 6.07) is 0. The first kappa shape index (κ1) is 16.8. The van der Waals surface area contributed by atoms with Gasteiger partial charge in [-0.3, -0.25) is 4.99 Å². The number of halogens is 2. The van der Waals surface area contributed by atoms with Crippen LogP contribution in [0.1, 0.15) is 13.8 Å². The predicted molar refractivity (Wildman–Crippen MR) is 47.6 cm³/mol. The standard InChI is InChI=1S/C10H11N.2ClH.Zr/c1-7(2)10-6-8-4-3-5-9(8)11-10;;;/h3-7H,1-2H3;2*1H;/q;;;+2/p-2. The second kappa shape index (κ2) is 6.77. The maximum atomic E-state index is 4.47. The van der Waals surface area contributed by atoms with Crippen molar-refractivity contribution in [2.75, 3.05) is 0 Å². The van der Waals surface area contributed by atoms with Crippen LogP contribution in [-0.2, 0) is 26.2 Å². The molecule has 0 saturated carbocycles. The van der Waals surface area contributed by atoms with Gasteiger partial charge in [-0.05, 0) is 18.1 Å². The van der Waals surface area contributed by atoms with Gasteiger partial charge >= 0.3 is 26.2 Å². The average Bonchev–Trinajstić information content (AvgIpc) is 2.40. The Labute approximate surface area is 116 Å². The number of hydrogen-bond donors (Lipinski definition) is 0. The van der Waals surface area contributed by atoms with E-state index in [1.807, 2.05) is 6.08 Å². The summed E-state index contributed by atoms with van der Waals surface area (Å²) in [4.78, 5) is 4.47. The van der Waals surface area contributed by atoms with Crippen LogP contribution in [0, 0.1) is 5.92 Å². The van der Waals surface area contributed by atoms with Gasteiger partial charge in [-0.25, -0.2) is 0 Å². The maximum Gasteiger partial charge on any atom is 2.00 e. The Bertz CT molecular complexity index is 314. The molecule has 1 nitrogen and oxygen atoms in total. The summed E-state index contributed by atoms with van der Waals surface area (Å²) in [5.41, 5.74) is 3.61. The van der Waals surface area contributed by atoms with Crippen LogP contribution in [0.25, 0.3) is 0 Å². The first-order valence-corrected chi connectivity index (χ1v) is 3.96. The average molecular weight is 307 g/mol. The quantitative estimate of drug-likeness (QED) is 0.476. The summed E-state index contributed by atoms with van der Waals surface area (Å²) in [7, 11) is 0. The van der Waals surface area contributed by atoms with E-state index >= 15 is 0 Å². The molecule has 2 rings (SSSR count). The molecule has 0 radical (unpaired) electrons. The van der Waals surface area contributed by atoms with E-state index in [4.69, 9.17) is 0 Å². The Morgan fingerprint density at radius 2 is 1.86 bits per heavy atom. The molecular weight excluding hydrogens is 296 g/mol. The van der Waals surface area contributed by atoms with Crippen molar-refractivity contribution in [1.29, 1.82) is 0 Å². The van der Waals surface area contributed by atoms with Crippen LogP contribution in [-0.4, -0.2) is 5.71 Å². The van der Waals surface area contributed by atoms with E-state index in [1.165, 1.54) is 11.3 Å². The monoisotopic (exact) mass is 305 g/mol. The summed E-state index contributed by atoms with van der Waals surface area (Å²) in [5.74, 6) is 0.544. The molecule has 1 aliphatic carbocycles. The first-order chi connectivity index (χ1) is 5.27. The molecule has 0 aromatic carbocycles. The smallest absolute Gasteiger partial charge is 1.00 e. The van der Waals surface area contributed by atoms with Gasteiger partial charge in [-0.1, -0.05) is 26.0 Å². The number of nitrogens with zero attached hydrogens (tertiary/aromatic N) is 1. The van der Waals surface area contributed by atoms with Gasteiger partial charge in [0.1, 0.15) is 0 Å². The molecule has 4 heteroatoms. The minimum Gasteiger partial charge on any atom is -1.00 e. The minimum atomic E-state index is 0. The van der Waals surface area contributed by atoms with Crippen molar-refractivity contribution in [3.8, 4) is 0 Å². The van der Waals surface area contributed by atoms with Gasteiger partial charge in [-0.15, -0.1) is 0 Å². The van der Waals surface area contributed by atoms with E-state index in [9.17, 15) is 0 Å². The molecule has 1 aliphatic heterocycles. The SMILES string of the molecule is CC(C)C1=NC2=CC=CC2=C1.[Cl-].[Cl-].[Zr+2]. The van der Waals surface area contributed by atoms with Gasteiger partial charge in [0.2, 0.25) is 0 Å². The first-order valence-electron chi connectivity index (χ1n) is 3.96. The van der Waals surface area contributed by atoms with Gasteiger partial charge in [0.05, 0.1) is 5.70 Å². The Kier molecular flexibility index (Phi) is 8.11. The molecule has 0 amide bonds. The van der Waals surface area contributed by atoms with Crippen LogP contribution in [0.5, 0.6) is 0 Å². The Hall–Kier alpha value is 0.353. The normalized spacial score (nSPS) is 15.8. The summed E-state index contributed by atoms with van der Waals surface area (Å²) in [6.07, 6.45) is 8.37. The Balaban J connectivity index is 0. The second-order valence-electron chi connectivity index (χ2n) is 3.20. The van der Waals surface area contributed by atoms with Crippen LogP contribution in [0.3, 0.4) is 0 Å². The van der Waals surface area contributed by atoms with Crippen molar-refractivity contribution in [3.05, 3.63) is 35.6 Å². The van der Waals surface area contributed by atoms with Crippen molar-refractivity contribution >= 4 is 5.71 Å². The van der Waals surface area contributed by atoms with Gasteiger partial charge < -0.3 is 24.8 Å². The fraction of sp³-hybridized carbons (Fsp3) is 0.300. The molecule has 0 spiro atoms. The van der Waals surface area contributed by atoms with E-state index in [-0.39, 0.29) is 51.0 Å². The Morgan fingerprint density at radius 1 is 1.21 bits per heavy atom. The third kappa shape index (κ3) is 3.19. The van der Waals surface area contributed by atoms with Gasteiger partial charge in [0, 0.05) is 11.3 Å². The number of fused-ring (bicyclic) bond motifs is 1. The van der Waals surface area contributed by atoms with Crippen LogP contribution in [0.2, 0.25) is 0 Å². The fourth-order valence-electron chi connectivity index (χ4n) is 1.27. The molecule has 0 N–H and O–H groups in total. The summed E-state index contributed by atoms with van der Waals surface area (Å²) in [5, 5.41) is 0. The molecular formula is C10H11Cl2NZr. The summed E-state index contributed by atoms with van der Waals surface area (Å²) >= 11 is 0.